The fourth-order valence-corrected chi connectivity index (χ4v) is 6.63. The van der Waals surface area contributed by atoms with E-state index in [0.717, 1.165) is 11.3 Å². The van der Waals surface area contributed by atoms with Gasteiger partial charge in [0, 0.05) is 35.9 Å². The summed E-state index contributed by atoms with van der Waals surface area (Å²) in [6, 6.07) is 0.506. The lowest BCUT2D eigenvalue weighted by molar-refractivity contribution is -0.00845. The van der Waals surface area contributed by atoms with Gasteiger partial charge in [0.25, 0.3) is 5.91 Å². The predicted octanol–water partition coefficient (Wildman–Crippen LogP) is 5.54. The van der Waals surface area contributed by atoms with Gasteiger partial charge in [-0.05, 0) is 109 Å². The maximum absolute atomic E-state index is 13.7. The maximum Gasteiger partial charge on any atom is 0.410 e. The second-order valence-corrected chi connectivity index (χ2v) is 13.7. The molecule has 2 amide bonds. The molecule has 0 aromatic heterocycles. The number of nitrogens with two attached hydrogens (primary N) is 2. The molecule has 6 N–H and O–H groups in total. The first-order valence-electron chi connectivity index (χ1n) is 15.9. The van der Waals surface area contributed by atoms with E-state index in [4.69, 9.17) is 25.7 Å². The van der Waals surface area contributed by atoms with Crippen molar-refractivity contribution < 1.29 is 37.8 Å². The van der Waals surface area contributed by atoms with Gasteiger partial charge >= 0.3 is 12.1 Å². The van der Waals surface area contributed by atoms with Gasteiger partial charge in [0.15, 0.2) is 0 Å². The predicted molar refractivity (Wildman–Crippen MR) is 172 cm³/mol. The molecule has 2 aromatic carbocycles. The summed E-state index contributed by atoms with van der Waals surface area (Å²) in [5, 5.41) is 12.6. The van der Waals surface area contributed by atoms with E-state index >= 15 is 0 Å². The summed E-state index contributed by atoms with van der Waals surface area (Å²) >= 11 is 6.71. The number of likely N-dealkylation sites (tertiary alicyclic amines) is 1. The molecule has 238 valence electrons. The molecule has 2 aromatic rings. The number of halogens is 2. The second-order valence-electron chi connectivity index (χ2n) is 12.0. The number of carboxylic acid groups (broad SMARTS) is 1. The van der Waals surface area contributed by atoms with Crippen molar-refractivity contribution in [2.24, 2.45) is 5.92 Å². The van der Waals surface area contributed by atoms with Crippen LogP contribution in [-0.2, 0) is 17.6 Å². The zero-order chi connectivity index (χ0) is 34.6. The minimum Gasteiger partial charge on any atom is -0.492 e. The van der Waals surface area contributed by atoms with Crippen LogP contribution in [0, 0.1) is 5.92 Å². The van der Waals surface area contributed by atoms with Gasteiger partial charge in [0.2, 0.25) is 0 Å². The quantitative estimate of drug-likeness (QED) is 0.288. The highest BCUT2D eigenvalue weighted by Crippen LogP contribution is 2.43. The molecule has 1 saturated heterocycles. The van der Waals surface area contributed by atoms with Crippen LogP contribution >= 0.6 is 31.9 Å². The summed E-state index contributed by atoms with van der Waals surface area (Å²) in [6.45, 7) is 4.71. The standard InChI is InChI=1S/C31H38Br2N4O7/c1-31(2,3)44-30(41)37-9-8-15(23-7-6-18-25(35)22(33)13-20(29(39)40)27(18)43-23)11-16(37)14-36-28(38)19-12-21(32)24(34)17-5-4-10-42-26(17)19/h12-13,15-16,23H,4-11,14,34-35H2,1-3H3,(H,36,38)(H,39,40)/i11D2,16D. The number of amides is 2. The van der Waals surface area contributed by atoms with E-state index in [1.165, 1.54) is 12.1 Å². The van der Waals surface area contributed by atoms with Gasteiger partial charge in [-0.3, -0.25) is 4.79 Å². The lowest BCUT2D eigenvalue weighted by atomic mass is 9.82. The van der Waals surface area contributed by atoms with E-state index in [1.807, 2.05) is 0 Å². The number of carbonyl (C=O) groups is 3. The molecule has 3 atom stereocenters. The minimum absolute atomic E-state index is 0.0578. The fourth-order valence-electron chi connectivity index (χ4n) is 5.70. The van der Waals surface area contributed by atoms with Crippen LogP contribution in [0.4, 0.5) is 16.2 Å². The number of nitrogen functional groups attached to an aromatic ring is 2. The topological polar surface area (TPSA) is 166 Å². The highest BCUT2D eigenvalue weighted by Gasteiger charge is 2.40. The van der Waals surface area contributed by atoms with Gasteiger partial charge in [0.1, 0.15) is 28.8 Å². The van der Waals surface area contributed by atoms with E-state index in [0.29, 0.717) is 56.6 Å². The number of anilines is 2. The number of rotatable bonds is 5. The van der Waals surface area contributed by atoms with Crippen LogP contribution in [0.25, 0.3) is 0 Å². The molecule has 3 heterocycles. The molecule has 0 aliphatic carbocycles. The maximum atomic E-state index is 13.7. The number of benzene rings is 2. The Morgan fingerprint density at radius 2 is 1.77 bits per heavy atom. The van der Waals surface area contributed by atoms with Crippen LogP contribution in [0.15, 0.2) is 21.1 Å². The molecular formula is C31H38Br2N4O7. The Kier molecular flexibility index (Phi) is 8.14. The summed E-state index contributed by atoms with van der Waals surface area (Å²) in [6.07, 6.45) is -2.23. The second kappa shape index (κ2) is 12.7. The molecule has 3 aliphatic heterocycles. The van der Waals surface area contributed by atoms with Crippen molar-refractivity contribution in [2.45, 2.75) is 77.0 Å². The number of ether oxygens (including phenoxy) is 3. The van der Waals surface area contributed by atoms with Crippen molar-refractivity contribution >= 4 is 61.2 Å². The first kappa shape index (κ1) is 28.3. The number of nitrogens with zero attached hydrogens (tertiary/aromatic N) is 1. The smallest absolute Gasteiger partial charge is 0.410 e. The van der Waals surface area contributed by atoms with Crippen LogP contribution in [0.3, 0.4) is 0 Å². The first-order chi connectivity index (χ1) is 21.9. The third kappa shape index (κ3) is 6.58. The number of hydrogen-bond donors (Lipinski definition) is 4. The SMILES string of the molecule is [2H]C1([2H])C(C2CCc3c(N)c(Br)cc(C(=O)O)c3O2)CCN(C(=O)OC(C)(C)C)C1([2H])CNC(=O)c1cc(Br)c(N)c2c1OCCC2. The molecule has 3 aliphatic rings. The third-order valence-electron chi connectivity index (χ3n) is 7.81. The van der Waals surface area contributed by atoms with E-state index in [2.05, 4.69) is 37.2 Å². The molecule has 0 bridgehead atoms. The van der Waals surface area contributed by atoms with Crippen LogP contribution in [0.2, 0.25) is 0 Å². The van der Waals surface area contributed by atoms with Gasteiger partial charge in [-0.2, -0.15) is 0 Å². The van der Waals surface area contributed by atoms with E-state index in [-0.39, 0.29) is 36.3 Å². The summed E-state index contributed by atoms with van der Waals surface area (Å²) in [4.78, 5) is 40.3. The number of piperidine rings is 1. The van der Waals surface area contributed by atoms with Gasteiger partial charge in [-0.1, -0.05) is 0 Å². The molecule has 13 heteroatoms. The number of fused-ring (bicyclic) bond motifs is 2. The average Bonchev–Trinajstić information content (AvgIpc) is 2.99. The molecule has 1 fully saturated rings. The van der Waals surface area contributed by atoms with E-state index in [1.54, 1.807) is 20.8 Å². The lowest BCUT2D eigenvalue weighted by Gasteiger charge is -2.43. The van der Waals surface area contributed by atoms with Crippen LogP contribution in [-0.4, -0.2) is 65.4 Å². The lowest BCUT2D eigenvalue weighted by Crippen LogP contribution is -2.54. The van der Waals surface area contributed by atoms with E-state index in [9.17, 15) is 23.6 Å². The Morgan fingerprint density at radius 3 is 2.43 bits per heavy atom. The molecule has 0 spiro atoms. The van der Waals surface area contributed by atoms with Crippen molar-refractivity contribution in [3.05, 3.63) is 43.3 Å². The van der Waals surface area contributed by atoms with Gasteiger partial charge in [-0.25, -0.2) is 9.59 Å². The Bertz CT molecular complexity index is 1640. The minimum atomic E-state index is -2.49. The zero-order valence-electron chi connectivity index (χ0n) is 27.7. The Morgan fingerprint density at radius 1 is 1.11 bits per heavy atom. The number of hydrogen-bond acceptors (Lipinski definition) is 8. The number of aromatic carboxylic acids is 1. The van der Waals surface area contributed by atoms with Gasteiger partial charge < -0.3 is 41.0 Å². The largest absolute Gasteiger partial charge is 0.492 e. The molecule has 0 radical (unpaired) electrons. The van der Waals surface area contributed by atoms with Crippen molar-refractivity contribution in [1.82, 2.24) is 10.2 Å². The van der Waals surface area contributed by atoms with Gasteiger partial charge in [-0.15, -0.1) is 0 Å². The zero-order valence-corrected chi connectivity index (χ0v) is 27.9. The number of carbonyl (C=O) groups excluding carboxylic acids is 2. The summed E-state index contributed by atoms with van der Waals surface area (Å²) in [5.41, 5.74) is 13.6. The monoisotopic (exact) mass is 739 g/mol. The molecule has 44 heavy (non-hydrogen) atoms. The highest BCUT2D eigenvalue weighted by atomic mass is 79.9. The average molecular weight is 741 g/mol. The molecule has 5 rings (SSSR count). The van der Waals surface area contributed by atoms with Crippen LogP contribution in [0.5, 0.6) is 11.5 Å². The van der Waals surface area contributed by atoms with Crippen molar-refractivity contribution in [2.75, 3.05) is 31.2 Å². The molecule has 3 unspecified atom stereocenters. The highest BCUT2D eigenvalue weighted by molar-refractivity contribution is 9.11. The summed E-state index contributed by atoms with van der Waals surface area (Å²) in [7, 11) is 0. The molecule has 0 saturated carbocycles. The van der Waals surface area contributed by atoms with Crippen molar-refractivity contribution in [3.8, 4) is 11.5 Å². The van der Waals surface area contributed by atoms with Crippen LogP contribution in [0.1, 0.15) is 82.4 Å². The summed E-state index contributed by atoms with van der Waals surface area (Å²) in [5.74, 6) is -2.45. The third-order valence-corrected chi connectivity index (χ3v) is 9.12. The van der Waals surface area contributed by atoms with Crippen molar-refractivity contribution in [1.29, 1.82) is 0 Å². The Labute approximate surface area is 277 Å². The number of carboxylic acids is 1. The van der Waals surface area contributed by atoms with E-state index < -0.39 is 54.5 Å². The Hall–Kier alpha value is -3.19. The van der Waals surface area contributed by atoms with Gasteiger partial charge in [0.05, 0.1) is 30.9 Å². The first-order valence-corrected chi connectivity index (χ1v) is 16.0. The Balaban J connectivity index is 1.49. The summed E-state index contributed by atoms with van der Waals surface area (Å²) < 4.78 is 46.9. The molecular weight excluding hydrogens is 700 g/mol. The van der Waals surface area contributed by atoms with Crippen LogP contribution < -0.4 is 26.3 Å². The van der Waals surface area contributed by atoms with Crippen molar-refractivity contribution in [3.63, 3.8) is 0 Å². The fraction of sp³-hybridized carbons (Fsp3) is 0.516. The molecule has 11 nitrogen and oxygen atoms in total. The number of nitrogens with one attached hydrogen (secondary N) is 1. The normalized spacial score (nSPS) is 25.1.